The molecule has 1 unspecified atom stereocenters. The fourth-order valence-electron chi connectivity index (χ4n) is 3.73. The number of carbonyl (C=O) groups is 2. The Hall–Kier alpha value is -2.72. The Kier molecular flexibility index (Phi) is 7.68. The minimum Gasteiger partial charge on any atom is -0.341 e. The van der Waals surface area contributed by atoms with Crippen molar-refractivity contribution in [1.29, 1.82) is 5.26 Å². The molecule has 0 saturated carbocycles. The Morgan fingerprint density at radius 1 is 1.19 bits per heavy atom. The van der Waals surface area contributed by atoms with Crippen molar-refractivity contribution in [2.45, 2.75) is 17.2 Å². The van der Waals surface area contributed by atoms with E-state index in [0.29, 0.717) is 20.8 Å². The van der Waals surface area contributed by atoms with E-state index < -0.39 is 10.8 Å². The van der Waals surface area contributed by atoms with E-state index >= 15 is 0 Å². The lowest BCUT2D eigenvalue weighted by molar-refractivity contribution is -0.108. The number of fused-ring (bicyclic) bond motifs is 1. The first kappa shape index (κ1) is 23.9. The van der Waals surface area contributed by atoms with Gasteiger partial charge in [-0.3, -0.25) is 9.00 Å². The topological polar surface area (TPSA) is 78.2 Å². The summed E-state index contributed by atoms with van der Waals surface area (Å²) in [5.41, 5.74) is 1.22. The lowest BCUT2D eigenvalue weighted by Crippen LogP contribution is -2.32. The lowest BCUT2D eigenvalue weighted by atomic mass is 9.95. The van der Waals surface area contributed by atoms with Crippen LogP contribution in [-0.2, 0) is 15.6 Å². The van der Waals surface area contributed by atoms with Crippen LogP contribution in [0.4, 0.5) is 0 Å². The van der Waals surface area contributed by atoms with Crippen LogP contribution in [0.15, 0.2) is 53.4 Å². The SMILES string of the molecule is CN(C[C@@H](CC=O)c1ccc(Cl)c(Cl)c1)C(=O)c1c(S(C)=O)c(C#N)cc2ccccc12. The summed E-state index contributed by atoms with van der Waals surface area (Å²) in [6.07, 6.45) is 2.43. The van der Waals surface area contributed by atoms with E-state index in [1.54, 1.807) is 49.5 Å². The molecular weight excluding hydrogens is 467 g/mol. The quantitative estimate of drug-likeness (QED) is 0.429. The zero-order chi connectivity index (χ0) is 23.4. The van der Waals surface area contributed by atoms with Gasteiger partial charge in [0.1, 0.15) is 12.4 Å². The molecular formula is C24H20Cl2N2O3S. The summed E-state index contributed by atoms with van der Waals surface area (Å²) >= 11 is 12.2. The molecule has 0 heterocycles. The van der Waals surface area contributed by atoms with Gasteiger partial charge in [0.15, 0.2) is 0 Å². The van der Waals surface area contributed by atoms with Crippen molar-refractivity contribution in [3.63, 3.8) is 0 Å². The zero-order valence-electron chi connectivity index (χ0n) is 17.5. The molecule has 0 aliphatic heterocycles. The van der Waals surface area contributed by atoms with Crippen molar-refractivity contribution in [2.75, 3.05) is 19.8 Å². The molecule has 0 bridgehead atoms. The number of rotatable bonds is 7. The molecule has 0 aliphatic carbocycles. The number of amides is 1. The zero-order valence-corrected chi connectivity index (χ0v) is 19.8. The Bertz CT molecular complexity index is 1270. The molecule has 5 nitrogen and oxygen atoms in total. The highest BCUT2D eigenvalue weighted by Gasteiger charge is 2.26. The standard InChI is InChI=1S/C24H20Cl2N2O3S/c1-28(14-17(9-10-29)15-7-8-20(25)21(26)12-15)24(30)22-19-6-4-3-5-16(19)11-18(13-27)23(22)32(2)31/h3-8,10-12,17H,9,14H2,1-2H3/t17-,32?/m1/s1. The summed E-state index contributed by atoms with van der Waals surface area (Å²) in [4.78, 5) is 26.6. The molecule has 0 spiro atoms. The predicted octanol–water partition coefficient (Wildman–Crippen LogP) is 5.20. The number of halogens is 2. The van der Waals surface area contributed by atoms with Gasteiger partial charge in [-0.1, -0.05) is 53.5 Å². The molecule has 32 heavy (non-hydrogen) atoms. The molecule has 3 aromatic rings. The first-order chi connectivity index (χ1) is 15.3. The molecule has 3 rings (SSSR count). The smallest absolute Gasteiger partial charge is 0.255 e. The Morgan fingerprint density at radius 2 is 1.91 bits per heavy atom. The number of carbonyl (C=O) groups excluding carboxylic acids is 2. The third-order valence-electron chi connectivity index (χ3n) is 5.26. The van der Waals surface area contributed by atoms with Gasteiger partial charge in [-0.25, -0.2) is 0 Å². The van der Waals surface area contributed by atoms with Crippen LogP contribution in [0.1, 0.15) is 33.8 Å². The van der Waals surface area contributed by atoms with Gasteiger partial charge in [0.25, 0.3) is 5.91 Å². The van der Waals surface area contributed by atoms with Crippen LogP contribution in [-0.4, -0.2) is 41.2 Å². The summed E-state index contributed by atoms with van der Waals surface area (Å²) in [6, 6.07) is 16.0. The minimum absolute atomic E-state index is 0.182. The van der Waals surface area contributed by atoms with E-state index in [1.807, 2.05) is 6.07 Å². The van der Waals surface area contributed by atoms with Gasteiger partial charge in [-0.2, -0.15) is 5.26 Å². The normalized spacial score (nSPS) is 12.7. The maximum absolute atomic E-state index is 13.6. The van der Waals surface area contributed by atoms with Gasteiger partial charge < -0.3 is 9.69 Å². The van der Waals surface area contributed by atoms with Crippen LogP contribution in [0.2, 0.25) is 10.0 Å². The second-order valence-corrected chi connectivity index (χ2v) is 9.50. The first-order valence-corrected chi connectivity index (χ1v) is 12.0. The second kappa shape index (κ2) is 10.3. The van der Waals surface area contributed by atoms with Crippen molar-refractivity contribution in [2.24, 2.45) is 0 Å². The molecule has 0 aliphatic rings. The van der Waals surface area contributed by atoms with Crippen LogP contribution in [0.3, 0.4) is 0 Å². The van der Waals surface area contributed by atoms with Crippen molar-refractivity contribution in [3.8, 4) is 6.07 Å². The molecule has 0 N–H and O–H groups in total. The Balaban J connectivity index is 2.06. The van der Waals surface area contributed by atoms with Gasteiger partial charge in [-0.15, -0.1) is 0 Å². The van der Waals surface area contributed by atoms with Crippen molar-refractivity contribution in [3.05, 3.63) is 75.3 Å². The third kappa shape index (κ3) is 4.86. The summed E-state index contributed by atoms with van der Waals surface area (Å²) in [7, 11) is 0.0577. The van der Waals surface area contributed by atoms with Crippen LogP contribution in [0.25, 0.3) is 10.8 Å². The fraction of sp³-hybridized carbons (Fsp3) is 0.208. The highest BCUT2D eigenvalue weighted by atomic mass is 35.5. The average Bonchev–Trinajstić information content (AvgIpc) is 2.78. The minimum atomic E-state index is -1.56. The number of hydrogen-bond acceptors (Lipinski definition) is 4. The van der Waals surface area contributed by atoms with E-state index in [4.69, 9.17) is 23.2 Å². The number of nitriles is 1. The van der Waals surface area contributed by atoms with E-state index in [0.717, 1.165) is 11.8 Å². The molecule has 8 heteroatoms. The van der Waals surface area contributed by atoms with Crippen molar-refractivity contribution in [1.82, 2.24) is 4.90 Å². The van der Waals surface area contributed by atoms with Gasteiger partial charge in [0.05, 0.1) is 36.9 Å². The maximum Gasteiger partial charge on any atom is 0.255 e. The molecule has 164 valence electrons. The van der Waals surface area contributed by atoms with Crippen LogP contribution < -0.4 is 0 Å². The van der Waals surface area contributed by atoms with Gasteiger partial charge in [0.2, 0.25) is 0 Å². The molecule has 1 amide bonds. The van der Waals surface area contributed by atoms with E-state index in [9.17, 15) is 19.1 Å². The number of benzene rings is 3. The number of aldehydes is 1. The highest BCUT2D eigenvalue weighted by molar-refractivity contribution is 7.84. The third-order valence-corrected chi connectivity index (χ3v) is 7.00. The molecule has 0 aromatic heterocycles. The summed E-state index contributed by atoms with van der Waals surface area (Å²) in [6.45, 7) is 0.219. The molecule has 0 radical (unpaired) electrons. The van der Waals surface area contributed by atoms with Crippen molar-refractivity contribution >= 4 is 57.0 Å². The number of nitrogens with zero attached hydrogens (tertiary/aromatic N) is 2. The van der Waals surface area contributed by atoms with Crippen LogP contribution in [0.5, 0.6) is 0 Å². The van der Waals surface area contributed by atoms with Crippen molar-refractivity contribution < 1.29 is 13.8 Å². The second-order valence-electron chi connectivity index (χ2n) is 7.37. The van der Waals surface area contributed by atoms with E-state index in [1.165, 1.54) is 11.2 Å². The fourth-order valence-corrected chi connectivity index (χ4v) is 4.93. The first-order valence-electron chi connectivity index (χ1n) is 9.71. The molecule has 0 saturated heterocycles. The van der Waals surface area contributed by atoms with E-state index in [-0.39, 0.29) is 40.8 Å². The Morgan fingerprint density at radius 3 is 2.53 bits per heavy atom. The summed E-state index contributed by atoms with van der Waals surface area (Å²) in [5.74, 6) is -0.684. The highest BCUT2D eigenvalue weighted by Crippen LogP contribution is 2.31. The predicted molar refractivity (Wildman–Crippen MR) is 128 cm³/mol. The van der Waals surface area contributed by atoms with Gasteiger partial charge in [0, 0.05) is 32.2 Å². The Labute approximate surface area is 199 Å². The molecule has 3 aromatic carbocycles. The monoisotopic (exact) mass is 486 g/mol. The molecule has 0 fully saturated rings. The summed E-state index contributed by atoms with van der Waals surface area (Å²) < 4.78 is 12.5. The lowest BCUT2D eigenvalue weighted by Gasteiger charge is -2.25. The average molecular weight is 487 g/mol. The number of hydrogen-bond donors (Lipinski definition) is 0. The summed E-state index contributed by atoms with van der Waals surface area (Å²) in [5, 5.41) is 11.7. The van der Waals surface area contributed by atoms with Gasteiger partial charge >= 0.3 is 0 Å². The van der Waals surface area contributed by atoms with Crippen LogP contribution in [0, 0.1) is 11.3 Å². The maximum atomic E-state index is 13.6. The number of likely N-dealkylation sites (N-methyl/N-ethyl adjacent to an activating group) is 1. The molecule has 2 atom stereocenters. The van der Waals surface area contributed by atoms with Gasteiger partial charge in [-0.05, 0) is 34.5 Å². The van der Waals surface area contributed by atoms with E-state index in [2.05, 4.69) is 6.07 Å². The largest absolute Gasteiger partial charge is 0.341 e. The van der Waals surface area contributed by atoms with Crippen LogP contribution >= 0.6 is 23.2 Å².